The van der Waals surface area contributed by atoms with Gasteiger partial charge in [0, 0.05) is 35.4 Å². The Bertz CT molecular complexity index is 573. The molecule has 0 aliphatic rings. The number of pyridine rings is 1. The SMILES string of the molecule is O=C(Nc1ccccc1/C=N\[O-])c1ccncc1.[Na+]. The van der Waals surface area contributed by atoms with Crippen molar-refractivity contribution >= 4 is 17.8 Å². The molecule has 5 nitrogen and oxygen atoms in total. The molecule has 0 fully saturated rings. The third-order valence-electron chi connectivity index (χ3n) is 2.34. The normalized spacial score (nSPS) is 9.89. The number of nitrogens with one attached hydrogen (secondary N) is 1. The summed E-state index contributed by atoms with van der Waals surface area (Å²) in [6, 6.07) is 10.2. The van der Waals surface area contributed by atoms with Gasteiger partial charge in [-0.15, -0.1) is 0 Å². The zero-order valence-corrected chi connectivity index (χ0v) is 12.4. The van der Waals surface area contributed by atoms with Crippen molar-refractivity contribution in [2.24, 2.45) is 5.16 Å². The maximum absolute atomic E-state index is 11.9. The van der Waals surface area contributed by atoms with Crippen molar-refractivity contribution in [3.63, 3.8) is 0 Å². The monoisotopic (exact) mass is 263 g/mol. The summed E-state index contributed by atoms with van der Waals surface area (Å²) in [5.41, 5.74) is 1.60. The van der Waals surface area contributed by atoms with Crippen LogP contribution in [0.15, 0.2) is 53.9 Å². The summed E-state index contributed by atoms with van der Waals surface area (Å²) in [7, 11) is 0. The first kappa shape index (κ1) is 15.4. The van der Waals surface area contributed by atoms with Crippen molar-refractivity contribution in [1.82, 2.24) is 4.98 Å². The van der Waals surface area contributed by atoms with Gasteiger partial charge in [-0.2, -0.15) is 0 Å². The molecule has 0 radical (unpaired) electrons. The van der Waals surface area contributed by atoms with Crippen LogP contribution in [-0.4, -0.2) is 17.1 Å². The molecule has 0 aliphatic heterocycles. The second-order valence-electron chi connectivity index (χ2n) is 3.51. The van der Waals surface area contributed by atoms with E-state index in [0.717, 1.165) is 6.21 Å². The molecule has 19 heavy (non-hydrogen) atoms. The van der Waals surface area contributed by atoms with Crippen LogP contribution in [0.1, 0.15) is 15.9 Å². The second kappa shape index (κ2) is 7.68. The fourth-order valence-electron chi connectivity index (χ4n) is 1.48. The zero-order valence-electron chi connectivity index (χ0n) is 10.4. The number of amides is 1. The summed E-state index contributed by atoms with van der Waals surface area (Å²) < 4.78 is 0. The van der Waals surface area contributed by atoms with Crippen molar-refractivity contribution in [2.75, 3.05) is 5.32 Å². The third kappa shape index (κ3) is 4.17. The molecular weight excluding hydrogens is 253 g/mol. The molecule has 0 aliphatic carbocycles. The molecule has 6 heteroatoms. The van der Waals surface area contributed by atoms with E-state index in [0.29, 0.717) is 16.8 Å². The zero-order chi connectivity index (χ0) is 12.8. The van der Waals surface area contributed by atoms with Crippen LogP contribution in [0, 0.1) is 5.21 Å². The predicted octanol–water partition coefficient (Wildman–Crippen LogP) is -0.745. The molecule has 1 N–H and O–H groups in total. The number of carbonyl (C=O) groups is 1. The molecule has 0 spiro atoms. The quantitative estimate of drug-likeness (QED) is 0.450. The topological polar surface area (TPSA) is 77.4 Å². The average Bonchev–Trinajstić information content (AvgIpc) is 2.42. The minimum atomic E-state index is -0.260. The number of anilines is 1. The molecule has 2 aromatic rings. The summed E-state index contributed by atoms with van der Waals surface area (Å²) in [5.74, 6) is -0.260. The van der Waals surface area contributed by atoms with E-state index in [4.69, 9.17) is 0 Å². The van der Waals surface area contributed by atoms with Gasteiger partial charge >= 0.3 is 29.6 Å². The van der Waals surface area contributed by atoms with Crippen LogP contribution < -0.4 is 34.9 Å². The molecule has 1 aromatic heterocycles. The Balaban J connectivity index is 0.00000180. The fourth-order valence-corrected chi connectivity index (χ4v) is 1.48. The van der Waals surface area contributed by atoms with Crippen LogP contribution in [0.2, 0.25) is 0 Å². The van der Waals surface area contributed by atoms with Crippen LogP contribution in [0.4, 0.5) is 5.69 Å². The Morgan fingerprint density at radius 2 is 1.89 bits per heavy atom. The van der Waals surface area contributed by atoms with E-state index in [-0.39, 0.29) is 35.5 Å². The van der Waals surface area contributed by atoms with Crippen LogP contribution in [0.3, 0.4) is 0 Å². The molecule has 90 valence electrons. The van der Waals surface area contributed by atoms with Crippen molar-refractivity contribution in [2.45, 2.75) is 0 Å². The fraction of sp³-hybridized carbons (Fsp3) is 0. The van der Waals surface area contributed by atoms with E-state index >= 15 is 0 Å². The molecular formula is C13H10N3NaO2. The number of para-hydroxylation sites is 1. The smallest absolute Gasteiger partial charge is 0.792 e. The Labute approximate surface area is 132 Å². The van der Waals surface area contributed by atoms with Gasteiger partial charge in [0.25, 0.3) is 5.91 Å². The average molecular weight is 263 g/mol. The number of nitrogens with zero attached hydrogens (tertiary/aromatic N) is 2. The van der Waals surface area contributed by atoms with Gasteiger partial charge in [-0.1, -0.05) is 18.2 Å². The van der Waals surface area contributed by atoms with Gasteiger partial charge in [0.1, 0.15) is 0 Å². The molecule has 0 atom stereocenters. The van der Waals surface area contributed by atoms with E-state index in [1.54, 1.807) is 48.8 Å². The Morgan fingerprint density at radius 3 is 2.58 bits per heavy atom. The van der Waals surface area contributed by atoms with Crippen molar-refractivity contribution in [3.05, 3.63) is 65.1 Å². The largest absolute Gasteiger partial charge is 1.00 e. The van der Waals surface area contributed by atoms with E-state index in [9.17, 15) is 10.0 Å². The molecule has 0 unspecified atom stereocenters. The van der Waals surface area contributed by atoms with Crippen LogP contribution in [-0.2, 0) is 0 Å². The van der Waals surface area contributed by atoms with E-state index in [1.807, 2.05) is 0 Å². The maximum Gasteiger partial charge on any atom is 1.00 e. The second-order valence-corrected chi connectivity index (χ2v) is 3.51. The van der Waals surface area contributed by atoms with Gasteiger partial charge in [-0.3, -0.25) is 9.78 Å². The van der Waals surface area contributed by atoms with Gasteiger partial charge in [0.15, 0.2) is 0 Å². The van der Waals surface area contributed by atoms with Crippen LogP contribution in [0.5, 0.6) is 0 Å². The Kier molecular flexibility index (Phi) is 6.21. The standard InChI is InChI=1S/C13H11N3O2.Na/c17-13(10-5-7-14-8-6-10)16-12-4-2-1-3-11(12)9-15-18;/h1-9,18H,(H,16,17);/q;+1/p-1/b15-9-;. The van der Waals surface area contributed by atoms with Crippen LogP contribution in [0.25, 0.3) is 0 Å². The summed E-state index contributed by atoms with van der Waals surface area (Å²) in [4.78, 5) is 15.7. The molecule has 1 heterocycles. The summed E-state index contributed by atoms with van der Waals surface area (Å²) in [6.45, 7) is 0. The number of hydrogen-bond acceptors (Lipinski definition) is 4. The molecule has 0 bridgehead atoms. The minimum Gasteiger partial charge on any atom is -0.792 e. The number of hydrogen-bond donors (Lipinski definition) is 1. The van der Waals surface area contributed by atoms with Crippen molar-refractivity contribution in [1.29, 1.82) is 0 Å². The molecule has 2 rings (SSSR count). The summed E-state index contributed by atoms with van der Waals surface area (Å²) in [6.07, 6.45) is 4.24. The van der Waals surface area contributed by atoms with Gasteiger partial charge in [0.05, 0.1) is 0 Å². The van der Waals surface area contributed by atoms with Gasteiger partial charge < -0.3 is 15.7 Å². The number of carbonyl (C=O) groups excluding carboxylic acids is 1. The first-order valence-electron chi connectivity index (χ1n) is 5.27. The van der Waals surface area contributed by atoms with E-state index in [2.05, 4.69) is 15.5 Å². The third-order valence-corrected chi connectivity index (χ3v) is 2.34. The van der Waals surface area contributed by atoms with E-state index in [1.165, 1.54) is 0 Å². The maximum atomic E-state index is 11.9. The first-order valence-corrected chi connectivity index (χ1v) is 5.27. The van der Waals surface area contributed by atoms with E-state index < -0.39 is 0 Å². The molecule has 0 saturated heterocycles. The van der Waals surface area contributed by atoms with Gasteiger partial charge in [-0.05, 0) is 18.2 Å². The van der Waals surface area contributed by atoms with Gasteiger partial charge in [0.2, 0.25) is 0 Å². The summed E-state index contributed by atoms with van der Waals surface area (Å²) in [5, 5.41) is 15.7. The first-order chi connectivity index (χ1) is 8.81. The van der Waals surface area contributed by atoms with Gasteiger partial charge in [-0.25, -0.2) is 0 Å². The number of benzene rings is 1. The molecule has 0 saturated carbocycles. The Hall–Kier alpha value is -1.69. The molecule has 1 amide bonds. The van der Waals surface area contributed by atoms with Crippen molar-refractivity contribution in [3.8, 4) is 0 Å². The Morgan fingerprint density at radius 1 is 1.21 bits per heavy atom. The van der Waals surface area contributed by atoms with Crippen molar-refractivity contribution < 1.29 is 34.4 Å². The predicted molar refractivity (Wildman–Crippen MR) is 69.6 cm³/mol. The van der Waals surface area contributed by atoms with Crippen LogP contribution >= 0.6 is 0 Å². The number of rotatable bonds is 3. The number of aromatic nitrogens is 1. The summed E-state index contributed by atoms with van der Waals surface area (Å²) >= 11 is 0. The molecule has 1 aromatic carbocycles. The minimum absolute atomic E-state index is 0.